The summed E-state index contributed by atoms with van der Waals surface area (Å²) >= 11 is 3.21. The molecule has 0 bridgehead atoms. The highest BCUT2D eigenvalue weighted by atomic mass is 32.2. The van der Waals surface area contributed by atoms with Gasteiger partial charge in [0.05, 0.1) is 17.5 Å². The standard InChI is InChI=1S/C19H22N2O2S2/c1-13(2)19(16-8-5-11-24-16)20-17(22)9-10-21-14-6-3-4-7-15(14)25-12-18(21)23/h3-8,11,13,19H,9-10,12H2,1-2H3,(H,20,22)/t19-/m1/s1. The zero-order chi connectivity index (χ0) is 17.8. The molecule has 2 amide bonds. The summed E-state index contributed by atoms with van der Waals surface area (Å²) in [7, 11) is 0. The SMILES string of the molecule is CC(C)[C@@H](NC(=O)CCN1C(=O)CSc2ccccc21)c1cccs1. The fraction of sp³-hybridized carbons (Fsp3) is 0.368. The zero-order valence-electron chi connectivity index (χ0n) is 14.4. The van der Waals surface area contributed by atoms with E-state index in [1.165, 1.54) is 4.88 Å². The number of carbonyl (C=O) groups is 2. The van der Waals surface area contributed by atoms with Gasteiger partial charge in [0.2, 0.25) is 11.8 Å². The molecule has 0 fully saturated rings. The first-order valence-corrected chi connectivity index (χ1v) is 10.3. The molecule has 6 heteroatoms. The molecule has 1 N–H and O–H groups in total. The van der Waals surface area contributed by atoms with Crippen molar-refractivity contribution < 1.29 is 9.59 Å². The van der Waals surface area contributed by atoms with Gasteiger partial charge in [-0.3, -0.25) is 9.59 Å². The van der Waals surface area contributed by atoms with Crippen LogP contribution in [0.15, 0.2) is 46.7 Å². The first-order chi connectivity index (χ1) is 12.1. The molecule has 1 atom stereocenters. The maximum atomic E-state index is 12.5. The molecule has 0 radical (unpaired) electrons. The van der Waals surface area contributed by atoms with Gasteiger partial charge in [-0.05, 0) is 29.5 Å². The van der Waals surface area contributed by atoms with Crippen molar-refractivity contribution >= 4 is 40.6 Å². The first-order valence-electron chi connectivity index (χ1n) is 8.41. The molecule has 0 spiro atoms. The van der Waals surface area contributed by atoms with E-state index in [2.05, 4.69) is 25.2 Å². The van der Waals surface area contributed by atoms with Crippen LogP contribution in [0.5, 0.6) is 0 Å². The predicted molar refractivity (Wildman–Crippen MR) is 104 cm³/mol. The molecular formula is C19H22N2O2S2. The summed E-state index contributed by atoms with van der Waals surface area (Å²) in [6.45, 7) is 4.62. The fourth-order valence-electron chi connectivity index (χ4n) is 2.89. The lowest BCUT2D eigenvalue weighted by Gasteiger charge is -2.29. The molecule has 0 saturated carbocycles. The molecule has 0 aliphatic carbocycles. The van der Waals surface area contributed by atoms with Crippen molar-refractivity contribution in [1.82, 2.24) is 5.32 Å². The third-order valence-corrected chi connectivity index (χ3v) is 6.21. The second kappa shape index (κ2) is 8.06. The number of fused-ring (bicyclic) bond motifs is 1. The molecule has 1 aromatic carbocycles. The summed E-state index contributed by atoms with van der Waals surface area (Å²) in [5.41, 5.74) is 0.912. The largest absolute Gasteiger partial charge is 0.348 e. The number of thiophene rings is 1. The average Bonchev–Trinajstić information content (AvgIpc) is 3.12. The molecule has 2 heterocycles. The van der Waals surface area contributed by atoms with E-state index in [0.717, 1.165) is 10.6 Å². The Labute approximate surface area is 156 Å². The number of thioether (sulfide) groups is 1. The lowest BCUT2D eigenvalue weighted by molar-refractivity contribution is -0.122. The number of hydrogen-bond acceptors (Lipinski definition) is 4. The summed E-state index contributed by atoms with van der Waals surface area (Å²) in [5, 5.41) is 5.15. The maximum absolute atomic E-state index is 12.5. The first kappa shape index (κ1) is 18.0. The van der Waals surface area contributed by atoms with Crippen molar-refractivity contribution in [2.75, 3.05) is 17.2 Å². The number of nitrogens with one attached hydrogen (secondary N) is 1. The Bertz CT molecular complexity index is 744. The third kappa shape index (κ3) is 4.25. The van der Waals surface area contributed by atoms with Gasteiger partial charge in [0.25, 0.3) is 0 Å². The summed E-state index contributed by atoms with van der Waals surface area (Å²) in [4.78, 5) is 28.7. The van der Waals surface area contributed by atoms with Crippen molar-refractivity contribution in [2.45, 2.75) is 31.2 Å². The highest BCUT2D eigenvalue weighted by Gasteiger charge is 2.25. The normalized spacial score (nSPS) is 15.2. The van der Waals surface area contributed by atoms with Gasteiger partial charge in [-0.1, -0.05) is 32.0 Å². The average molecular weight is 375 g/mol. The highest BCUT2D eigenvalue weighted by Crippen LogP contribution is 2.35. The van der Waals surface area contributed by atoms with Crippen LogP contribution in [0.4, 0.5) is 5.69 Å². The molecule has 2 aromatic rings. The highest BCUT2D eigenvalue weighted by molar-refractivity contribution is 8.00. The van der Waals surface area contributed by atoms with Crippen molar-refractivity contribution in [1.29, 1.82) is 0 Å². The van der Waals surface area contributed by atoms with E-state index in [0.29, 0.717) is 24.6 Å². The second-order valence-electron chi connectivity index (χ2n) is 6.36. The Kier molecular flexibility index (Phi) is 5.81. The Morgan fingerprint density at radius 3 is 2.76 bits per heavy atom. The van der Waals surface area contributed by atoms with Gasteiger partial charge in [0.15, 0.2) is 0 Å². The summed E-state index contributed by atoms with van der Waals surface area (Å²) in [6.07, 6.45) is 0.305. The molecular weight excluding hydrogens is 352 g/mol. The van der Waals surface area contributed by atoms with Crippen molar-refractivity contribution in [2.24, 2.45) is 5.92 Å². The van der Waals surface area contributed by atoms with Crippen LogP contribution >= 0.6 is 23.1 Å². The number of amides is 2. The number of benzene rings is 1. The lowest BCUT2D eigenvalue weighted by atomic mass is 10.0. The van der Waals surface area contributed by atoms with Crippen LogP contribution in [0.1, 0.15) is 31.2 Å². The summed E-state index contributed by atoms with van der Waals surface area (Å²) in [5.74, 6) is 0.796. The second-order valence-corrected chi connectivity index (χ2v) is 8.35. The minimum Gasteiger partial charge on any atom is -0.348 e. The van der Waals surface area contributed by atoms with Gasteiger partial charge in [0.1, 0.15) is 0 Å². The van der Waals surface area contributed by atoms with Crippen LogP contribution in [0.25, 0.3) is 0 Å². The molecule has 0 saturated heterocycles. The van der Waals surface area contributed by atoms with E-state index >= 15 is 0 Å². The predicted octanol–water partition coefficient (Wildman–Crippen LogP) is 4.09. The lowest BCUT2D eigenvalue weighted by Crippen LogP contribution is -2.39. The molecule has 0 unspecified atom stereocenters. The van der Waals surface area contributed by atoms with E-state index in [9.17, 15) is 9.59 Å². The van der Waals surface area contributed by atoms with E-state index in [-0.39, 0.29) is 17.9 Å². The summed E-state index contributed by atoms with van der Waals surface area (Å²) < 4.78 is 0. The molecule has 1 aromatic heterocycles. The van der Waals surface area contributed by atoms with Crippen LogP contribution in [-0.2, 0) is 9.59 Å². The van der Waals surface area contributed by atoms with Crippen LogP contribution < -0.4 is 10.2 Å². The fourth-order valence-corrected chi connectivity index (χ4v) is 4.78. The van der Waals surface area contributed by atoms with Gasteiger partial charge in [-0.15, -0.1) is 23.1 Å². The van der Waals surface area contributed by atoms with Crippen LogP contribution in [0.3, 0.4) is 0 Å². The van der Waals surface area contributed by atoms with Gasteiger partial charge in [-0.2, -0.15) is 0 Å². The monoisotopic (exact) mass is 374 g/mol. The molecule has 3 rings (SSSR count). The Hall–Kier alpha value is -1.79. The molecule has 132 valence electrons. The Morgan fingerprint density at radius 2 is 2.04 bits per heavy atom. The zero-order valence-corrected chi connectivity index (χ0v) is 16.0. The van der Waals surface area contributed by atoms with Crippen molar-refractivity contribution in [3.8, 4) is 0 Å². The quantitative estimate of drug-likeness (QED) is 0.828. The number of anilines is 1. The topological polar surface area (TPSA) is 49.4 Å². The maximum Gasteiger partial charge on any atom is 0.237 e. The van der Waals surface area contributed by atoms with E-state index in [1.807, 2.05) is 35.7 Å². The molecule has 1 aliphatic rings. The minimum absolute atomic E-state index is 0.0180. The number of nitrogens with zero attached hydrogens (tertiary/aromatic N) is 1. The van der Waals surface area contributed by atoms with Crippen LogP contribution in [0.2, 0.25) is 0 Å². The van der Waals surface area contributed by atoms with Crippen LogP contribution in [0, 0.1) is 5.92 Å². The molecule has 25 heavy (non-hydrogen) atoms. The Morgan fingerprint density at radius 1 is 1.24 bits per heavy atom. The Balaban J connectivity index is 1.63. The number of rotatable bonds is 6. The number of para-hydroxylation sites is 1. The van der Waals surface area contributed by atoms with E-state index < -0.39 is 0 Å². The van der Waals surface area contributed by atoms with Gasteiger partial charge >= 0.3 is 0 Å². The third-order valence-electron chi connectivity index (χ3n) is 4.20. The number of carbonyl (C=O) groups excluding carboxylic acids is 2. The van der Waals surface area contributed by atoms with E-state index in [4.69, 9.17) is 0 Å². The molecule has 4 nitrogen and oxygen atoms in total. The van der Waals surface area contributed by atoms with Gasteiger partial charge in [0, 0.05) is 22.7 Å². The van der Waals surface area contributed by atoms with E-state index in [1.54, 1.807) is 28.0 Å². The van der Waals surface area contributed by atoms with Crippen LogP contribution in [-0.4, -0.2) is 24.1 Å². The van der Waals surface area contributed by atoms with Crippen molar-refractivity contribution in [3.05, 3.63) is 46.7 Å². The van der Waals surface area contributed by atoms with Gasteiger partial charge in [-0.25, -0.2) is 0 Å². The van der Waals surface area contributed by atoms with Crippen molar-refractivity contribution in [3.63, 3.8) is 0 Å². The molecule has 1 aliphatic heterocycles. The summed E-state index contributed by atoms with van der Waals surface area (Å²) in [6, 6.07) is 11.9. The minimum atomic E-state index is -0.0180. The smallest absolute Gasteiger partial charge is 0.237 e. The number of hydrogen-bond donors (Lipinski definition) is 1. The van der Waals surface area contributed by atoms with Gasteiger partial charge < -0.3 is 10.2 Å².